The topological polar surface area (TPSA) is 56.8 Å². The molecule has 0 radical (unpaired) electrons. The van der Waals surface area contributed by atoms with Gasteiger partial charge in [0, 0.05) is 50.4 Å². The van der Waals surface area contributed by atoms with Crippen LogP contribution in [0.1, 0.15) is 22.8 Å². The van der Waals surface area contributed by atoms with Crippen LogP contribution in [-0.2, 0) is 5.66 Å². The first kappa shape index (κ1) is 18.9. The van der Waals surface area contributed by atoms with Crippen LogP contribution in [0.3, 0.4) is 0 Å². The van der Waals surface area contributed by atoms with E-state index >= 15 is 0 Å². The number of hydrogen-bond acceptors (Lipinski definition) is 5. The lowest BCUT2D eigenvalue weighted by Gasteiger charge is -2.43. The molecule has 7 heteroatoms. The third kappa shape index (κ3) is 3.73. The van der Waals surface area contributed by atoms with Crippen LogP contribution in [0.15, 0.2) is 48.5 Å². The van der Waals surface area contributed by atoms with E-state index in [2.05, 4.69) is 33.6 Å². The minimum absolute atomic E-state index is 0.171. The van der Waals surface area contributed by atoms with Crippen LogP contribution in [0, 0.1) is 5.82 Å². The number of nitrogens with one attached hydrogen (secondary N) is 2. The summed E-state index contributed by atoms with van der Waals surface area (Å²) < 4.78 is 12.9. The summed E-state index contributed by atoms with van der Waals surface area (Å²) >= 11 is 0. The second-order valence-corrected chi connectivity index (χ2v) is 7.36. The number of carbonyl (C=O) groups is 1. The number of halogens is 1. The average molecular weight is 384 g/mol. The van der Waals surface area contributed by atoms with Gasteiger partial charge >= 0.3 is 0 Å². The molecule has 0 spiro atoms. The highest BCUT2D eigenvalue weighted by molar-refractivity contribution is 5.94. The van der Waals surface area contributed by atoms with E-state index in [1.807, 2.05) is 18.2 Å². The second kappa shape index (κ2) is 7.87. The largest absolute Gasteiger partial charge is 0.406 e. The number of benzene rings is 2. The van der Waals surface area contributed by atoms with Gasteiger partial charge in [0.2, 0.25) is 0 Å². The maximum absolute atomic E-state index is 12.9. The predicted octanol–water partition coefficient (Wildman–Crippen LogP) is 1.94. The van der Waals surface area contributed by atoms with Crippen LogP contribution in [0.5, 0.6) is 5.75 Å². The molecule has 148 valence electrons. The van der Waals surface area contributed by atoms with E-state index in [0.29, 0.717) is 12.1 Å². The Hall–Kier alpha value is -2.48. The Bertz CT molecular complexity index is 837. The van der Waals surface area contributed by atoms with Gasteiger partial charge in [-0.2, -0.15) is 0 Å². The normalized spacial score (nSPS) is 22.5. The highest BCUT2D eigenvalue weighted by Gasteiger charge is 2.42. The Morgan fingerprint density at radius 1 is 1.14 bits per heavy atom. The summed E-state index contributed by atoms with van der Waals surface area (Å²) in [4.78, 5) is 22.5. The zero-order valence-corrected chi connectivity index (χ0v) is 16.0. The van der Waals surface area contributed by atoms with Crippen molar-refractivity contribution in [1.82, 2.24) is 20.6 Å². The third-order valence-electron chi connectivity index (χ3n) is 5.60. The summed E-state index contributed by atoms with van der Waals surface area (Å²) in [6.45, 7) is 7.17. The van der Waals surface area contributed by atoms with Crippen molar-refractivity contribution in [3.05, 3.63) is 65.5 Å². The number of rotatable bonds is 5. The lowest BCUT2D eigenvalue weighted by molar-refractivity contribution is -0.0254. The Labute approximate surface area is 164 Å². The lowest BCUT2D eigenvalue weighted by atomic mass is 9.99. The number of carbonyl (C=O) groups excluding carboxylic acids is 1. The number of amides is 1. The molecule has 1 amide bonds. The van der Waals surface area contributed by atoms with Crippen LogP contribution >= 0.6 is 0 Å². The van der Waals surface area contributed by atoms with E-state index in [1.165, 1.54) is 24.3 Å². The molecule has 0 aromatic heterocycles. The van der Waals surface area contributed by atoms with Gasteiger partial charge in [0.1, 0.15) is 11.5 Å². The van der Waals surface area contributed by atoms with Gasteiger partial charge in [-0.25, -0.2) is 4.39 Å². The molecule has 2 aliphatic heterocycles. The molecule has 2 heterocycles. The van der Waals surface area contributed by atoms with Crippen LogP contribution in [0.2, 0.25) is 0 Å². The molecule has 1 unspecified atom stereocenters. The Balaban J connectivity index is 1.25. The monoisotopic (exact) mass is 384 g/mol. The highest BCUT2D eigenvalue weighted by Crippen LogP contribution is 2.37. The van der Waals surface area contributed by atoms with Crippen LogP contribution in [-0.4, -0.2) is 55.0 Å². The van der Waals surface area contributed by atoms with Crippen molar-refractivity contribution in [2.75, 3.05) is 39.3 Å². The number of nitrogens with zero attached hydrogens (tertiary/aromatic N) is 2. The Morgan fingerprint density at radius 3 is 2.61 bits per heavy atom. The van der Waals surface area contributed by atoms with E-state index in [1.54, 1.807) is 0 Å². The van der Waals surface area contributed by atoms with Crippen LogP contribution in [0.4, 0.5) is 4.39 Å². The summed E-state index contributed by atoms with van der Waals surface area (Å²) in [5.41, 5.74) is 4.51. The van der Waals surface area contributed by atoms with Gasteiger partial charge < -0.3 is 10.2 Å². The predicted molar refractivity (Wildman–Crippen MR) is 104 cm³/mol. The van der Waals surface area contributed by atoms with Gasteiger partial charge in [-0.05, 0) is 37.3 Å². The van der Waals surface area contributed by atoms with Gasteiger partial charge in [-0.1, -0.05) is 18.2 Å². The molecule has 0 bridgehead atoms. The van der Waals surface area contributed by atoms with Gasteiger partial charge in [0.05, 0.1) is 0 Å². The van der Waals surface area contributed by atoms with E-state index in [-0.39, 0.29) is 17.4 Å². The molecular weight excluding hydrogens is 359 g/mol. The van der Waals surface area contributed by atoms with Crippen molar-refractivity contribution < 1.29 is 14.0 Å². The van der Waals surface area contributed by atoms with Gasteiger partial charge in [0.25, 0.3) is 5.91 Å². The zero-order chi connectivity index (χ0) is 19.6. The van der Waals surface area contributed by atoms with Gasteiger partial charge in [0.15, 0.2) is 5.75 Å². The SMILES string of the molecule is CC1(N2CCN(CCNC(=O)c3ccc(F)cc3)CC2)NOc2ccccc21. The van der Waals surface area contributed by atoms with E-state index in [0.717, 1.165) is 44.0 Å². The molecule has 0 saturated carbocycles. The molecule has 0 aliphatic carbocycles. The first-order chi connectivity index (χ1) is 13.6. The fraction of sp³-hybridized carbons (Fsp3) is 0.381. The van der Waals surface area contributed by atoms with Crippen molar-refractivity contribution >= 4 is 5.91 Å². The van der Waals surface area contributed by atoms with Gasteiger partial charge in [-0.15, -0.1) is 5.48 Å². The standard InChI is InChI=1S/C21H25FN4O2/c1-21(18-4-2-3-5-19(18)28-24-21)26-14-12-25(13-15-26)11-10-23-20(27)16-6-8-17(22)9-7-16/h2-9,24H,10-15H2,1H3,(H,23,27). The summed E-state index contributed by atoms with van der Waals surface area (Å²) in [7, 11) is 0. The molecule has 2 aromatic carbocycles. The minimum atomic E-state index is -0.340. The maximum atomic E-state index is 12.9. The molecular formula is C21H25FN4O2. The lowest BCUT2D eigenvalue weighted by Crippen LogP contribution is -2.59. The third-order valence-corrected chi connectivity index (χ3v) is 5.60. The van der Waals surface area contributed by atoms with Crippen molar-refractivity contribution in [3.8, 4) is 5.75 Å². The molecule has 1 atom stereocenters. The summed E-state index contributed by atoms with van der Waals surface area (Å²) in [5, 5.41) is 2.90. The zero-order valence-electron chi connectivity index (χ0n) is 16.0. The number of para-hydroxylation sites is 1. The molecule has 2 aromatic rings. The second-order valence-electron chi connectivity index (χ2n) is 7.36. The van der Waals surface area contributed by atoms with Crippen molar-refractivity contribution in [2.24, 2.45) is 0 Å². The van der Waals surface area contributed by atoms with E-state index in [4.69, 9.17) is 4.84 Å². The maximum Gasteiger partial charge on any atom is 0.251 e. The molecule has 2 N–H and O–H groups in total. The van der Waals surface area contributed by atoms with Crippen LogP contribution < -0.4 is 15.6 Å². The molecule has 1 saturated heterocycles. The Morgan fingerprint density at radius 2 is 1.86 bits per heavy atom. The molecule has 6 nitrogen and oxygen atoms in total. The van der Waals surface area contributed by atoms with Crippen LogP contribution in [0.25, 0.3) is 0 Å². The Kier molecular flexibility index (Phi) is 5.30. The van der Waals surface area contributed by atoms with Gasteiger partial charge in [-0.3, -0.25) is 14.6 Å². The van der Waals surface area contributed by atoms with E-state index < -0.39 is 0 Å². The first-order valence-electron chi connectivity index (χ1n) is 9.61. The molecule has 4 rings (SSSR count). The number of piperazine rings is 1. The van der Waals surface area contributed by atoms with Crippen molar-refractivity contribution in [1.29, 1.82) is 0 Å². The number of hydroxylamine groups is 1. The summed E-state index contributed by atoms with van der Waals surface area (Å²) in [6.07, 6.45) is 0. The summed E-state index contributed by atoms with van der Waals surface area (Å²) in [5.74, 6) is 0.374. The quantitative estimate of drug-likeness (QED) is 0.825. The fourth-order valence-electron chi connectivity index (χ4n) is 3.85. The molecule has 28 heavy (non-hydrogen) atoms. The first-order valence-corrected chi connectivity index (χ1v) is 9.61. The average Bonchev–Trinajstić information content (AvgIpc) is 3.07. The van der Waals surface area contributed by atoms with Crippen molar-refractivity contribution in [3.63, 3.8) is 0 Å². The molecule has 2 aliphatic rings. The smallest absolute Gasteiger partial charge is 0.251 e. The highest BCUT2D eigenvalue weighted by atomic mass is 19.1. The molecule has 1 fully saturated rings. The number of fused-ring (bicyclic) bond motifs is 1. The number of hydrogen-bond donors (Lipinski definition) is 2. The fourth-order valence-corrected chi connectivity index (χ4v) is 3.85. The van der Waals surface area contributed by atoms with E-state index in [9.17, 15) is 9.18 Å². The van der Waals surface area contributed by atoms with Crippen molar-refractivity contribution in [2.45, 2.75) is 12.6 Å². The summed E-state index contributed by atoms with van der Waals surface area (Å²) in [6, 6.07) is 13.7. The minimum Gasteiger partial charge on any atom is -0.406 e.